The number of amides is 1. The van der Waals surface area contributed by atoms with Gasteiger partial charge in [0.25, 0.3) is 5.91 Å². The Labute approximate surface area is 165 Å². The minimum absolute atomic E-state index is 0.0859. The molecule has 0 aromatic heterocycles. The molecule has 5 nitrogen and oxygen atoms in total. The predicted octanol–water partition coefficient (Wildman–Crippen LogP) is 4.16. The molecule has 0 spiro atoms. The van der Waals surface area contributed by atoms with Crippen LogP contribution in [0.4, 0.5) is 0 Å². The molecular formula is C23H24N2O3. The summed E-state index contributed by atoms with van der Waals surface area (Å²) in [7, 11) is 0. The van der Waals surface area contributed by atoms with Gasteiger partial charge in [0, 0.05) is 6.04 Å². The number of hydrogen-bond donors (Lipinski definition) is 1. The molecule has 1 fully saturated rings. The lowest BCUT2D eigenvalue weighted by molar-refractivity contribution is -0.117. The number of rotatable bonds is 8. The molecule has 1 aliphatic carbocycles. The molecule has 1 saturated carbocycles. The first kappa shape index (κ1) is 19.5. The van der Waals surface area contributed by atoms with Gasteiger partial charge in [-0.3, -0.25) is 4.79 Å². The van der Waals surface area contributed by atoms with Crippen molar-refractivity contribution in [3.8, 4) is 17.6 Å². The van der Waals surface area contributed by atoms with Crippen LogP contribution in [0.15, 0.2) is 48.0 Å². The Morgan fingerprint density at radius 1 is 1.21 bits per heavy atom. The Hall–Kier alpha value is -3.26. The highest BCUT2D eigenvalue weighted by atomic mass is 16.5. The largest absolute Gasteiger partial charge is 0.490 e. The molecule has 28 heavy (non-hydrogen) atoms. The number of nitrogens with zero attached hydrogens (tertiary/aromatic N) is 1. The average Bonchev–Trinajstić information content (AvgIpc) is 3.49. The fourth-order valence-corrected chi connectivity index (χ4v) is 2.77. The minimum atomic E-state index is -0.331. The zero-order valence-electron chi connectivity index (χ0n) is 16.2. The van der Waals surface area contributed by atoms with Crippen LogP contribution in [0, 0.1) is 18.3 Å². The lowest BCUT2D eigenvalue weighted by Crippen LogP contribution is -2.26. The van der Waals surface area contributed by atoms with E-state index in [9.17, 15) is 10.1 Å². The summed E-state index contributed by atoms with van der Waals surface area (Å²) in [6.07, 6.45) is 3.53. The van der Waals surface area contributed by atoms with E-state index in [0.29, 0.717) is 30.3 Å². The molecule has 144 valence electrons. The van der Waals surface area contributed by atoms with Crippen LogP contribution in [-0.4, -0.2) is 18.6 Å². The SMILES string of the molecule is CCOc1cc(/C=C(\C#N)C(=O)NC2CC2)ccc1OCc1cccc(C)c1. The van der Waals surface area contributed by atoms with Crippen LogP contribution in [0.25, 0.3) is 6.08 Å². The zero-order valence-corrected chi connectivity index (χ0v) is 16.2. The van der Waals surface area contributed by atoms with Crippen molar-refractivity contribution < 1.29 is 14.3 Å². The molecule has 0 bridgehead atoms. The van der Waals surface area contributed by atoms with E-state index in [0.717, 1.165) is 18.4 Å². The quantitative estimate of drug-likeness (QED) is 0.555. The third kappa shape index (κ3) is 5.37. The Bertz CT molecular complexity index is 924. The van der Waals surface area contributed by atoms with Gasteiger partial charge in [-0.15, -0.1) is 0 Å². The minimum Gasteiger partial charge on any atom is -0.490 e. The van der Waals surface area contributed by atoms with Crippen molar-refractivity contribution in [1.29, 1.82) is 5.26 Å². The summed E-state index contributed by atoms with van der Waals surface area (Å²) in [4.78, 5) is 12.1. The van der Waals surface area contributed by atoms with E-state index < -0.39 is 0 Å². The normalized spacial score (nSPS) is 13.5. The molecule has 0 aliphatic heterocycles. The number of ether oxygens (including phenoxy) is 2. The maximum atomic E-state index is 12.1. The monoisotopic (exact) mass is 376 g/mol. The van der Waals surface area contributed by atoms with Gasteiger partial charge in [0.05, 0.1) is 6.61 Å². The van der Waals surface area contributed by atoms with Crippen molar-refractivity contribution >= 4 is 12.0 Å². The van der Waals surface area contributed by atoms with Gasteiger partial charge >= 0.3 is 0 Å². The number of nitrogens with one attached hydrogen (secondary N) is 1. The van der Waals surface area contributed by atoms with Gasteiger partial charge in [0.2, 0.25) is 0 Å². The van der Waals surface area contributed by atoms with Crippen LogP contribution in [-0.2, 0) is 11.4 Å². The lowest BCUT2D eigenvalue weighted by Gasteiger charge is -2.13. The summed E-state index contributed by atoms with van der Waals surface area (Å²) in [5.74, 6) is 0.882. The van der Waals surface area contributed by atoms with Crippen LogP contribution in [0.1, 0.15) is 36.5 Å². The molecule has 5 heteroatoms. The number of carbonyl (C=O) groups is 1. The fraction of sp³-hybridized carbons (Fsp3) is 0.304. The number of benzene rings is 2. The molecule has 1 amide bonds. The average molecular weight is 376 g/mol. The van der Waals surface area contributed by atoms with Gasteiger partial charge in [0.15, 0.2) is 11.5 Å². The first-order valence-corrected chi connectivity index (χ1v) is 9.47. The Morgan fingerprint density at radius 3 is 2.71 bits per heavy atom. The van der Waals surface area contributed by atoms with E-state index >= 15 is 0 Å². The second kappa shape index (κ2) is 9.09. The van der Waals surface area contributed by atoms with Gasteiger partial charge in [-0.1, -0.05) is 35.9 Å². The van der Waals surface area contributed by atoms with Gasteiger partial charge in [-0.25, -0.2) is 0 Å². The summed E-state index contributed by atoms with van der Waals surface area (Å²) in [6.45, 7) is 4.87. The molecule has 0 atom stereocenters. The highest BCUT2D eigenvalue weighted by Crippen LogP contribution is 2.30. The van der Waals surface area contributed by atoms with Gasteiger partial charge in [-0.2, -0.15) is 5.26 Å². The van der Waals surface area contributed by atoms with E-state index in [2.05, 4.69) is 11.4 Å². The van der Waals surface area contributed by atoms with E-state index in [1.54, 1.807) is 18.2 Å². The van der Waals surface area contributed by atoms with E-state index in [-0.39, 0.29) is 17.5 Å². The Balaban J connectivity index is 1.76. The Kier molecular flexibility index (Phi) is 6.33. The van der Waals surface area contributed by atoms with Gasteiger partial charge in [0.1, 0.15) is 18.2 Å². The second-order valence-corrected chi connectivity index (χ2v) is 6.83. The molecule has 1 N–H and O–H groups in total. The number of aryl methyl sites for hydroxylation is 1. The molecule has 0 heterocycles. The summed E-state index contributed by atoms with van der Waals surface area (Å²) in [5.41, 5.74) is 3.06. The van der Waals surface area contributed by atoms with Crippen molar-refractivity contribution in [1.82, 2.24) is 5.32 Å². The predicted molar refractivity (Wildman–Crippen MR) is 108 cm³/mol. The summed E-state index contributed by atoms with van der Waals surface area (Å²) in [5, 5.41) is 12.1. The third-order valence-electron chi connectivity index (χ3n) is 4.33. The van der Waals surface area contributed by atoms with Crippen LogP contribution in [0.3, 0.4) is 0 Å². The van der Waals surface area contributed by atoms with Crippen molar-refractivity contribution in [3.05, 3.63) is 64.7 Å². The van der Waals surface area contributed by atoms with Crippen LogP contribution in [0.2, 0.25) is 0 Å². The molecule has 0 radical (unpaired) electrons. The van der Waals surface area contributed by atoms with Crippen LogP contribution in [0.5, 0.6) is 11.5 Å². The maximum absolute atomic E-state index is 12.1. The van der Waals surface area contributed by atoms with E-state index in [4.69, 9.17) is 9.47 Å². The van der Waals surface area contributed by atoms with Crippen molar-refractivity contribution in [2.45, 2.75) is 39.3 Å². The first-order chi connectivity index (χ1) is 13.6. The van der Waals surface area contributed by atoms with Crippen LogP contribution >= 0.6 is 0 Å². The highest BCUT2D eigenvalue weighted by molar-refractivity contribution is 6.02. The molecule has 3 rings (SSSR count). The van der Waals surface area contributed by atoms with Crippen molar-refractivity contribution in [2.75, 3.05) is 6.61 Å². The van der Waals surface area contributed by atoms with E-state index in [1.165, 1.54) is 5.56 Å². The molecule has 2 aromatic carbocycles. The number of carbonyl (C=O) groups excluding carboxylic acids is 1. The van der Waals surface area contributed by atoms with Gasteiger partial charge in [-0.05, 0) is 56.0 Å². The molecular weight excluding hydrogens is 352 g/mol. The first-order valence-electron chi connectivity index (χ1n) is 9.47. The standard InChI is InChI=1S/C23H24N2O3/c1-3-27-22-13-17(12-19(14-24)23(26)25-20-8-9-20)7-10-21(22)28-15-18-6-4-5-16(2)11-18/h4-7,10-13,20H,3,8-9,15H2,1-2H3,(H,25,26)/b19-12+. The molecule has 1 aliphatic rings. The Morgan fingerprint density at radius 2 is 2.04 bits per heavy atom. The molecule has 0 saturated heterocycles. The zero-order chi connectivity index (χ0) is 19.9. The van der Waals surface area contributed by atoms with Crippen LogP contribution < -0.4 is 14.8 Å². The van der Waals surface area contributed by atoms with Crippen molar-refractivity contribution in [2.24, 2.45) is 0 Å². The highest BCUT2D eigenvalue weighted by Gasteiger charge is 2.24. The maximum Gasteiger partial charge on any atom is 0.262 e. The summed E-state index contributed by atoms with van der Waals surface area (Å²) in [6, 6.07) is 15.7. The third-order valence-corrected chi connectivity index (χ3v) is 4.33. The topological polar surface area (TPSA) is 71.3 Å². The number of nitriles is 1. The summed E-state index contributed by atoms with van der Waals surface area (Å²) < 4.78 is 11.6. The van der Waals surface area contributed by atoms with Crippen molar-refractivity contribution in [3.63, 3.8) is 0 Å². The van der Waals surface area contributed by atoms with E-state index in [1.807, 2.05) is 44.2 Å². The second-order valence-electron chi connectivity index (χ2n) is 6.83. The van der Waals surface area contributed by atoms with Gasteiger partial charge < -0.3 is 14.8 Å². The molecule has 2 aromatic rings. The lowest BCUT2D eigenvalue weighted by atomic mass is 10.1. The summed E-state index contributed by atoms with van der Waals surface area (Å²) >= 11 is 0. The smallest absolute Gasteiger partial charge is 0.262 e. The number of hydrogen-bond acceptors (Lipinski definition) is 4. The fourth-order valence-electron chi connectivity index (χ4n) is 2.77. The molecule has 0 unspecified atom stereocenters.